The van der Waals surface area contributed by atoms with E-state index in [1.54, 1.807) is 18.3 Å². The van der Waals surface area contributed by atoms with Crippen LogP contribution in [0.2, 0.25) is 5.15 Å². The molecule has 3 rings (SSSR count). The number of halogens is 1. The Morgan fingerprint density at radius 1 is 1.28 bits per heavy atom. The van der Waals surface area contributed by atoms with Crippen molar-refractivity contribution < 1.29 is 4.79 Å². The number of nitrogens with zero attached hydrogens (tertiary/aromatic N) is 3. The van der Waals surface area contributed by atoms with Crippen LogP contribution in [0.15, 0.2) is 42.6 Å². The lowest BCUT2D eigenvalue weighted by molar-refractivity contribution is -0.117. The fourth-order valence-corrected chi connectivity index (χ4v) is 3.34. The van der Waals surface area contributed by atoms with Gasteiger partial charge in [0.1, 0.15) is 0 Å². The van der Waals surface area contributed by atoms with Gasteiger partial charge in [-0.15, -0.1) is 0 Å². The van der Waals surface area contributed by atoms with E-state index in [4.69, 9.17) is 11.6 Å². The zero-order chi connectivity index (χ0) is 17.8. The summed E-state index contributed by atoms with van der Waals surface area (Å²) >= 11 is 5.99. The molecule has 0 saturated carbocycles. The van der Waals surface area contributed by atoms with Crippen LogP contribution in [0.25, 0.3) is 0 Å². The van der Waals surface area contributed by atoms with Crippen molar-refractivity contribution >= 4 is 28.9 Å². The average molecular weight is 359 g/mol. The monoisotopic (exact) mass is 358 g/mol. The number of piperazine rings is 1. The van der Waals surface area contributed by atoms with E-state index in [0.717, 1.165) is 19.6 Å². The third-order valence-electron chi connectivity index (χ3n) is 4.48. The fourth-order valence-electron chi connectivity index (χ4n) is 3.17. The van der Waals surface area contributed by atoms with Crippen molar-refractivity contribution in [2.75, 3.05) is 36.4 Å². The SMILES string of the molecule is Cc1ccc(N2CCN(CC(=O)Nc3cccnc3Cl)CC2C)cc1. The molecule has 0 aliphatic carbocycles. The second-order valence-electron chi connectivity index (χ2n) is 6.50. The average Bonchev–Trinajstić information content (AvgIpc) is 2.58. The number of amides is 1. The van der Waals surface area contributed by atoms with Gasteiger partial charge < -0.3 is 10.2 Å². The minimum Gasteiger partial charge on any atom is -0.366 e. The maximum absolute atomic E-state index is 12.3. The first kappa shape index (κ1) is 17.7. The van der Waals surface area contributed by atoms with Crippen LogP contribution in [0.3, 0.4) is 0 Å². The Labute approximate surface area is 153 Å². The molecule has 1 saturated heterocycles. The Hall–Kier alpha value is -2.11. The Morgan fingerprint density at radius 2 is 2.04 bits per heavy atom. The lowest BCUT2D eigenvalue weighted by Crippen LogP contribution is -2.53. The number of rotatable bonds is 4. The fraction of sp³-hybridized carbons (Fsp3) is 0.368. The van der Waals surface area contributed by atoms with Crippen LogP contribution < -0.4 is 10.2 Å². The highest BCUT2D eigenvalue weighted by atomic mass is 35.5. The maximum Gasteiger partial charge on any atom is 0.238 e. The molecule has 25 heavy (non-hydrogen) atoms. The summed E-state index contributed by atoms with van der Waals surface area (Å²) in [7, 11) is 0. The van der Waals surface area contributed by atoms with Crippen molar-refractivity contribution in [2.24, 2.45) is 0 Å². The third kappa shape index (κ3) is 4.50. The molecular formula is C19H23ClN4O. The van der Waals surface area contributed by atoms with Crippen LogP contribution in [0.1, 0.15) is 12.5 Å². The Morgan fingerprint density at radius 3 is 2.72 bits per heavy atom. The molecule has 1 aromatic carbocycles. The number of nitrogens with one attached hydrogen (secondary N) is 1. The minimum absolute atomic E-state index is 0.0640. The summed E-state index contributed by atoms with van der Waals surface area (Å²) in [5.41, 5.74) is 3.06. The highest BCUT2D eigenvalue weighted by Gasteiger charge is 2.25. The van der Waals surface area contributed by atoms with Gasteiger partial charge in [0.25, 0.3) is 0 Å². The number of carbonyl (C=O) groups is 1. The van der Waals surface area contributed by atoms with E-state index in [1.807, 2.05) is 0 Å². The highest BCUT2D eigenvalue weighted by Crippen LogP contribution is 2.21. The van der Waals surface area contributed by atoms with E-state index in [9.17, 15) is 4.79 Å². The number of hydrogen-bond acceptors (Lipinski definition) is 4. The molecule has 6 heteroatoms. The number of anilines is 2. The van der Waals surface area contributed by atoms with Gasteiger partial charge in [-0.3, -0.25) is 9.69 Å². The number of aromatic nitrogens is 1. The molecule has 1 unspecified atom stereocenters. The second kappa shape index (κ2) is 7.85. The van der Waals surface area contributed by atoms with E-state index in [1.165, 1.54) is 11.3 Å². The molecule has 1 aromatic heterocycles. The predicted octanol–water partition coefficient (Wildman–Crippen LogP) is 3.19. The quantitative estimate of drug-likeness (QED) is 0.853. The summed E-state index contributed by atoms with van der Waals surface area (Å²) in [6.45, 7) is 7.26. The summed E-state index contributed by atoms with van der Waals surface area (Å²) in [4.78, 5) is 20.8. The first-order valence-electron chi connectivity index (χ1n) is 8.49. The van der Waals surface area contributed by atoms with Crippen LogP contribution in [-0.4, -0.2) is 48.0 Å². The lowest BCUT2D eigenvalue weighted by atomic mass is 10.1. The first-order chi connectivity index (χ1) is 12.0. The minimum atomic E-state index is -0.0640. The van der Waals surface area contributed by atoms with Crippen molar-refractivity contribution in [2.45, 2.75) is 19.9 Å². The molecule has 1 N–H and O–H groups in total. The molecule has 5 nitrogen and oxygen atoms in total. The largest absolute Gasteiger partial charge is 0.366 e. The molecule has 0 bridgehead atoms. The third-order valence-corrected chi connectivity index (χ3v) is 4.78. The van der Waals surface area contributed by atoms with Crippen LogP contribution >= 0.6 is 11.6 Å². The number of benzene rings is 1. The van der Waals surface area contributed by atoms with Gasteiger partial charge in [-0.05, 0) is 38.1 Å². The molecule has 2 heterocycles. The van der Waals surface area contributed by atoms with E-state index in [-0.39, 0.29) is 5.91 Å². The summed E-state index contributed by atoms with van der Waals surface area (Å²) in [6, 6.07) is 12.5. The zero-order valence-electron chi connectivity index (χ0n) is 14.6. The Bertz CT molecular complexity index is 734. The van der Waals surface area contributed by atoms with Gasteiger partial charge >= 0.3 is 0 Å². The van der Waals surface area contributed by atoms with E-state index >= 15 is 0 Å². The van der Waals surface area contributed by atoms with Crippen molar-refractivity contribution in [3.05, 3.63) is 53.3 Å². The maximum atomic E-state index is 12.3. The van der Waals surface area contributed by atoms with Crippen molar-refractivity contribution in [3.63, 3.8) is 0 Å². The molecule has 1 atom stereocenters. The van der Waals surface area contributed by atoms with E-state index in [0.29, 0.717) is 23.4 Å². The molecule has 2 aromatic rings. The summed E-state index contributed by atoms with van der Waals surface area (Å²) in [6.07, 6.45) is 1.60. The molecular weight excluding hydrogens is 336 g/mol. The predicted molar refractivity (Wildman–Crippen MR) is 102 cm³/mol. The van der Waals surface area contributed by atoms with Gasteiger partial charge in [-0.25, -0.2) is 4.98 Å². The van der Waals surface area contributed by atoms with Gasteiger partial charge in [0.2, 0.25) is 5.91 Å². The van der Waals surface area contributed by atoms with Crippen LogP contribution in [0.4, 0.5) is 11.4 Å². The molecule has 132 valence electrons. The number of pyridine rings is 1. The molecule has 1 aliphatic heterocycles. The van der Waals surface area contributed by atoms with Gasteiger partial charge in [0.05, 0.1) is 12.2 Å². The van der Waals surface area contributed by atoms with E-state index in [2.05, 4.69) is 58.2 Å². The standard InChI is InChI=1S/C19H23ClN4O/c1-14-5-7-16(8-6-14)24-11-10-23(12-15(24)2)13-18(25)22-17-4-3-9-21-19(17)20/h3-9,15H,10-13H2,1-2H3,(H,22,25). The first-order valence-corrected chi connectivity index (χ1v) is 8.87. The topological polar surface area (TPSA) is 48.5 Å². The Balaban J connectivity index is 1.55. The van der Waals surface area contributed by atoms with Crippen molar-refractivity contribution in [1.29, 1.82) is 0 Å². The summed E-state index contributed by atoms with van der Waals surface area (Å²) < 4.78 is 0. The number of carbonyl (C=O) groups excluding carboxylic acids is 1. The van der Waals surface area contributed by atoms with E-state index < -0.39 is 0 Å². The molecule has 0 spiro atoms. The van der Waals surface area contributed by atoms with Crippen LogP contribution in [-0.2, 0) is 4.79 Å². The summed E-state index contributed by atoms with van der Waals surface area (Å²) in [5.74, 6) is -0.0640. The van der Waals surface area contributed by atoms with Crippen molar-refractivity contribution in [1.82, 2.24) is 9.88 Å². The van der Waals surface area contributed by atoms with Crippen molar-refractivity contribution in [3.8, 4) is 0 Å². The lowest BCUT2D eigenvalue weighted by Gasteiger charge is -2.41. The van der Waals surface area contributed by atoms with Gasteiger partial charge in [-0.1, -0.05) is 29.3 Å². The van der Waals surface area contributed by atoms with Gasteiger partial charge in [0.15, 0.2) is 5.15 Å². The number of hydrogen-bond donors (Lipinski definition) is 1. The van der Waals surface area contributed by atoms with Crippen LogP contribution in [0.5, 0.6) is 0 Å². The number of aryl methyl sites for hydroxylation is 1. The molecule has 0 radical (unpaired) electrons. The zero-order valence-corrected chi connectivity index (χ0v) is 15.3. The van der Waals surface area contributed by atoms with Gasteiger partial charge in [0, 0.05) is 37.6 Å². The summed E-state index contributed by atoms with van der Waals surface area (Å²) in [5, 5.41) is 3.15. The van der Waals surface area contributed by atoms with Crippen LogP contribution in [0, 0.1) is 6.92 Å². The smallest absolute Gasteiger partial charge is 0.238 e. The second-order valence-corrected chi connectivity index (χ2v) is 6.86. The molecule has 1 fully saturated rings. The molecule has 1 aliphatic rings. The highest BCUT2D eigenvalue weighted by molar-refractivity contribution is 6.32. The van der Waals surface area contributed by atoms with Gasteiger partial charge in [-0.2, -0.15) is 0 Å². The normalized spacial score (nSPS) is 18.2. The Kier molecular flexibility index (Phi) is 5.56. The molecule has 1 amide bonds.